The molecule has 0 bridgehead atoms. The molecule has 0 spiro atoms. The van der Waals surface area contributed by atoms with Crippen molar-refractivity contribution < 1.29 is 4.79 Å². The van der Waals surface area contributed by atoms with Crippen molar-refractivity contribution in [3.63, 3.8) is 0 Å². The van der Waals surface area contributed by atoms with E-state index in [1.807, 2.05) is 32.2 Å². The molecule has 0 atom stereocenters. The number of rotatable bonds is 5. The van der Waals surface area contributed by atoms with Gasteiger partial charge in [-0.25, -0.2) is 0 Å². The van der Waals surface area contributed by atoms with Crippen molar-refractivity contribution in [3.8, 4) is 0 Å². The van der Waals surface area contributed by atoms with Crippen molar-refractivity contribution >= 4 is 18.3 Å². The Balaban J connectivity index is 0.00000225. The van der Waals surface area contributed by atoms with Gasteiger partial charge in [-0.3, -0.25) is 4.79 Å². The molecule has 0 aliphatic carbocycles. The van der Waals surface area contributed by atoms with Crippen LogP contribution in [-0.4, -0.2) is 19.5 Å². The molecule has 1 amide bonds. The van der Waals surface area contributed by atoms with Gasteiger partial charge >= 0.3 is 0 Å². The van der Waals surface area contributed by atoms with Crippen molar-refractivity contribution in [1.29, 1.82) is 0 Å². The Morgan fingerprint density at radius 3 is 2.75 bits per heavy atom. The topological polar surface area (TPSA) is 41.1 Å². The first kappa shape index (κ1) is 14.9. The predicted molar refractivity (Wildman–Crippen MR) is 68.8 cm³/mol. The van der Waals surface area contributed by atoms with E-state index in [0.717, 1.165) is 12.1 Å². The quantitative estimate of drug-likeness (QED) is 0.824. The zero-order chi connectivity index (χ0) is 11.1. The molecule has 2 N–H and O–H groups in total. The van der Waals surface area contributed by atoms with E-state index in [-0.39, 0.29) is 18.3 Å². The third kappa shape index (κ3) is 5.73. The summed E-state index contributed by atoms with van der Waals surface area (Å²) < 4.78 is 0. The van der Waals surface area contributed by atoms with Crippen molar-refractivity contribution in [2.24, 2.45) is 0 Å². The number of hydrogen-bond donors (Lipinski definition) is 2. The monoisotopic (exact) mass is 242 g/mol. The minimum atomic E-state index is 0. The van der Waals surface area contributed by atoms with Gasteiger partial charge in [-0.15, -0.1) is 12.4 Å². The molecular weight excluding hydrogens is 224 g/mol. The zero-order valence-electron chi connectivity index (χ0n) is 9.75. The predicted octanol–water partition coefficient (Wildman–Crippen LogP) is 1.64. The molecule has 0 fully saturated rings. The summed E-state index contributed by atoms with van der Waals surface area (Å²) in [5, 5.41) is 5.83. The average molecular weight is 243 g/mol. The summed E-state index contributed by atoms with van der Waals surface area (Å²) >= 11 is 0. The minimum absolute atomic E-state index is 0. The first-order chi connectivity index (χ1) is 7.22. The standard InChI is InChI=1S/C12H18N2O.ClH/c1-10-4-3-5-11(8-10)9-14-12(15)6-7-13-2;/h3-5,8,13H,6-7,9H2,1-2H3,(H,14,15);1H. The molecule has 0 radical (unpaired) electrons. The van der Waals surface area contributed by atoms with Gasteiger partial charge < -0.3 is 10.6 Å². The Bertz CT molecular complexity index is 329. The highest BCUT2D eigenvalue weighted by atomic mass is 35.5. The molecule has 1 rings (SSSR count). The van der Waals surface area contributed by atoms with Gasteiger partial charge in [0.15, 0.2) is 0 Å². The molecule has 0 unspecified atom stereocenters. The molecule has 1 aromatic rings. The third-order valence-electron chi connectivity index (χ3n) is 2.17. The van der Waals surface area contributed by atoms with E-state index in [1.165, 1.54) is 5.56 Å². The highest BCUT2D eigenvalue weighted by Gasteiger charge is 1.99. The molecule has 16 heavy (non-hydrogen) atoms. The van der Waals surface area contributed by atoms with Crippen LogP contribution < -0.4 is 10.6 Å². The highest BCUT2D eigenvalue weighted by molar-refractivity contribution is 5.85. The molecular formula is C12H19ClN2O. The van der Waals surface area contributed by atoms with Crippen LogP contribution >= 0.6 is 12.4 Å². The van der Waals surface area contributed by atoms with Crippen LogP contribution in [0.1, 0.15) is 17.5 Å². The van der Waals surface area contributed by atoms with Crippen LogP contribution in [0.3, 0.4) is 0 Å². The maximum atomic E-state index is 11.3. The van der Waals surface area contributed by atoms with Crippen LogP contribution in [-0.2, 0) is 11.3 Å². The van der Waals surface area contributed by atoms with Crippen molar-refractivity contribution in [2.45, 2.75) is 19.9 Å². The molecule has 4 heteroatoms. The molecule has 0 aliphatic rings. The Hall–Kier alpha value is -1.06. The van der Waals surface area contributed by atoms with Crippen molar-refractivity contribution in [3.05, 3.63) is 35.4 Å². The first-order valence-electron chi connectivity index (χ1n) is 5.19. The van der Waals surface area contributed by atoms with Gasteiger partial charge in [0.25, 0.3) is 0 Å². The summed E-state index contributed by atoms with van der Waals surface area (Å²) in [6, 6.07) is 8.15. The fourth-order valence-electron chi connectivity index (χ4n) is 1.35. The first-order valence-corrected chi connectivity index (χ1v) is 5.19. The summed E-state index contributed by atoms with van der Waals surface area (Å²) in [4.78, 5) is 11.3. The Morgan fingerprint density at radius 2 is 2.12 bits per heavy atom. The fraction of sp³-hybridized carbons (Fsp3) is 0.417. The van der Waals surface area contributed by atoms with Gasteiger partial charge in [0.1, 0.15) is 0 Å². The van der Waals surface area contributed by atoms with E-state index in [0.29, 0.717) is 13.0 Å². The van der Waals surface area contributed by atoms with Gasteiger partial charge in [0.2, 0.25) is 5.91 Å². The lowest BCUT2D eigenvalue weighted by molar-refractivity contribution is -0.121. The van der Waals surface area contributed by atoms with Crippen molar-refractivity contribution in [2.75, 3.05) is 13.6 Å². The lowest BCUT2D eigenvalue weighted by atomic mass is 10.1. The normalized spacial score (nSPS) is 9.38. The molecule has 1 aromatic carbocycles. The largest absolute Gasteiger partial charge is 0.352 e. The SMILES string of the molecule is CNCCC(=O)NCc1cccc(C)c1.Cl. The second kappa shape index (κ2) is 8.13. The van der Waals surface area contributed by atoms with Crippen LogP contribution in [0, 0.1) is 6.92 Å². The Morgan fingerprint density at radius 1 is 1.38 bits per heavy atom. The Kier molecular flexibility index (Phi) is 7.60. The Labute approximate surface area is 103 Å². The molecule has 90 valence electrons. The van der Waals surface area contributed by atoms with E-state index in [4.69, 9.17) is 0 Å². The summed E-state index contributed by atoms with van der Waals surface area (Å²) in [5.41, 5.74) is 2.37. The minimum Gasteiger partial charge on any atom is -0.352 e. The van der Waals surface area contributed by atoms with Gasteiger partial charge in [-0.1, -0.05) is 29.8 Å². The van der Waals surface area contributed by atoms with E-state index >= 15 is 0 Å². The molecule has 0 saturated carbocycles. The van der Waals surface area contributed by atoms with E-state index in [2.05, 4.69) is 16.7 Å². The average Bonchev–Trinajstić information content (AvgIpc) is 2.23. The van der Waals surface area contributed by atoms with Crippen LogP contribution in [0.4, 0.5) is 0 Å². The van der Waals surface area contributed by atoms with E-state index < -0.39 is 0 Å². The second-order valence-corrected chi connectivity index (χ2v) is 3.62. The molecule has 3 nitrogen and oxygen atoms in total. The summed E-state index contributed by atoms with van der Waals surface area (Å²) in [6.45, 7) is 3.39. The molecule has 0 aromatic heterocycles. The lowest BCUT2D eigenvalue weighted by Gasteiger charge is -2.05. The van der Waals surface area contributed by atoms with E-state index in [1.54, 1.807) is 0 Å². The van der Waals surface area contributed by atoms with Gasteiger partial charge in [-0.05, 0) is 19.5 Å². The molecule has 0 saturated heterocycles. The zero-order valence-corrected chi connectivity index (χ0v) is 10.6. The fourth-order valence-corrected chi connectivity index (χ4v) is 1.35. The number of carbonyl (C=O) groups is 1. The molecule has 0 heterocycles. The lowest BCUT2D eigenvalue weighted by Crippen LogP contribution is -2.26. The number of carbonyl (C=O) groups excluding carboxylic acids is 1. The summed E-state index contributed by atoms with van der Waals surface area (Å²) in [7, 11) is 1.84. The highest BCUT2D eigenvalue weighted by Crippen LogP contribution is 2.03. The van der Waals surface area contributed by atoms with Crippen molar-refractivity contribution in [1.82, 2.24) is 10.6 Å². The van der Waals surface area contributed by atoms with Crippen LogP contribution in [0.25, 0.3) is 0 Å². The maximum absolute atomic E-state index is 11.3. The van der Waals surface area contributed by atoms with Crippen LogP contribution in [0.2, 0.25) is 0 Å². The van der Waals surface area contributed by atoms with Gasteiger partial charge in [0, 0.05) is 19.5 Å². The van der Waals surface area contributed by atoms with Crippen LogP contribution in [0.5, 0.6) is 0 Å². The number of aryl methyl sites for hydroxylation is 1. The van der Waals surface area contributed by atoms with E-state index in [9.17, 15) is 4.79 Å². The summed E-state index contributed by atoms with van der Waals surface area (Å²) in [6.07, 6.45) is 0.530. The van der Waals surface area contributed by atoms with Gasteiger partial charge in [0.05, 0.1) is 0 Å². The summed E-state index contributed by atoms with van der Waals surface area (Å²) in [5.74, 6) is 0.0888. The second-order valence-electron chi connectivity index (χ2n) is 3.62. The number of benzene rings is 1. The third-order valence-corrected chi connectivity index (χ3v) is 2.17. The number of amides is 1. The van der Waals surface area contributed by atoms with Gasteiger partial charge in [-0.2, -0.15) is 0 Å². The number of nitrogens with one attached hydrogen (secondary N) is 2. The number of halogens is 1. The molecule has 0 aliphatic heterocycles. The smallest absolute Gasteiger partial charge is 0.221 e. The number of hydrogen-bond acceptors (Lipinski definition) is 2. The maximum Gasteiger partial charge on any atom is 0.221 e. The van der Waals surface area contributed by atoms with Crippen LogP contribution in [0.15, 0.2) is 24.3 Å².